The molecule has 0 radical (unpaired) electrons. The molecule has 2 heterocycles. The van der Waals surface area contributed by atoms with Crippen molar-refractivity contribution in [1.29, 1.82) is 0 Å². The van der Waals surface area contributed by atoms with E-state index in [2.05, 4.69) is 20.3 Å². The number of halogens is 1. The first-order chi connectivity index (χ1) is 18.8. The first-order valence-corrected chi connectivity index (χ1v) is 15.5. The molecule has 10 nitrogen and oxygen atoms in total. The molecule has 3 aromatic rings. The number of nitrogens with zero attached hydrogens (tertiary/aromatic N) is 1. The highest BCUT2D eigenvalue weighted by Gasteiger charge is 2.31. The predicted octanol–water partition coefficient (Wildman–Crippen LogP) is 3.31. The largest absolute Gasteiger partial charge is 0.465 e. The lowest BCUT2D eigenvalue weighted by molar-refractivity contribution is -0.157. The summed E-state index contributed by atoms with van der Waals surface area (Å²) in [5, 5.41) is 9.08. The summed E-state index contributed by atoms with van der Waals surface area (Å²) in [4.78, 5) is 30.9. The molecule has 4 rings (SSSR count). The Morgan fingerprint density at radius 3 is 2.65 bits per heavy atom. The number of ether oxygens (including phenoxy) is 2. The lowest BCUT2D eigenvalue weighted by Crippen LogP contribution is -2.46. The molecule has 40 heavy (non-hydrogen) atoms. The second-order valence-corrected chi connectivity index (χ2v) is 13.7. The van der Waals surface area contributed by atoms with Crippen LogP contribution in [-0.4, -0.2) is 56.2 Å². The molecule has 2 atom stereocenters. The van der Waals surface area contributed by atoms with Crippen molar-refractivity contribution in [3.8, 4) is 0 Å². The molecule has 1 aliphatic rings. The Kier molecular flexibility index (Phi) is 9.48. The van der Waals surface area contributed by atoms with Gasteiger partial charge in [0.2, 0.25) is 10.0 Å². The summed E-state index contributed by atoms with van der Waals surface area (Å²) in [6.07, 6.45) is 0.403. The minimum absolute atomic E-state index is 0.0737. The quantitative estimate of drug-likeness (QED) is 0.296. The first-order valence-electron chi connectivity index (χ1n) is 12.9. The molecule has 0 saturated heterocycles. The molecule has 2 unspecified atom stereocenters. The van der Waals surface area contributed by atoms with Crippen molar-refractivity contribution in [3.63, 3.8) is 0 Å². The molecule has 0 bridgehead atoms. The molecule has 0 aliphatic carbocycles. The molecule has 1 aromatic heterocycles. The number of esters is 2. The average molecular weight is 609 g/mol. The van der Waals surface area contributed by atoms with E-state index in [9.17, 15) is 18.0 Å². The molecule has 0 amide bonds. The van der Waals surface area contributed by atoms with E-state index in [1.165, 1.54) is 17.4 Å². The monoisotopic (exact) mass is 608 g/mol. The molecule has 2 aromatic carbocycles. The topological polar surface area (TPSA) is 136 Å². The van der Waals surface area contributed by atoms with E-state index in [-0.39, 0.29) is 30.6 Å². The Labute approximate surface area is 242 Å². The van der Waals surface area contributed by atoms with Crippen LogP contribution < -0.4 is 15.4 Å². The number of carbonyl (C=O) groups is 2. The third-order valence-electron chi connectivity index (χ3n) is 6.05. The van der Waals surface area contributed by atoms with E-state index in [0.717, 1.165) is 21.3 Å². The number of thiazole rings is 1. The van der Waals surface area contributed by atoms with Gasteiger partial charge in [0.15, 0.2) is 0 Å². The second-order valence-electron chi connectivity index (χ2n) is 10.3. The van der Waals surface area contributed by atoms with Gasteiger partial charge >= 0.3 is 11.9 Å². The van der Waals surface area contributed by atoms with Crippen LogP contribution in [0.25, 0.3) is 10.8 Å². The maximum atomic E-state index is 13.0. The van der Waals surface area contributed by atoms with Gasteiger partial charge in [-0.25, -0.2) is 18.1 Å². The molecule has 0 spiro atoms. The average Bonchev–Trinajstić information content (AvgIpc) is 3.29. The highest BCUT2D eigenvalue weighted by molar-refractivity contribution is 7.89. The molecule has 216 valence electrons. The Bertz CT molecular complexity index is 1500. The third-order valence-corrected chi connectivity index (χ3v) is 8.81. The SMILES string of the molecule is CCOC(=O)C(CNS(=O)(=O)c1ccc2cc(Cl)ccc2c1)NCc1nc2c(s1)CNC(C(=O)OC(C)(C)C)C2. The normalized spacial score (nSPS) is 16.4. The number of sulfonamides is 1. The zero-order chi connectivity index (χ0) is 29.1. The van der Waals surface area contributed by atoms with Crippen molar-refractivity contribution < 1.29 is 27.5 Å². The van der Waals surface area contributed by atoms with Gasteiger partial charge in [0.05, 0.1) is 17.2 Å². The second kappa shape index (κ2) is 12.5. The highest BCUT2D eigenvalue weighted by Crippen LogP contribution is 2.25. The Hall–Kier alpha value is -2.61. The van der Waals surface area contributed by atoms with Gasteiger partial charge in [-0.3, -0.25) is 20.2 Å². The zero-order valence-electron chi connectivity index (χ0n) is 22.7. The minimum Gasteiger partial charge on any atom is -0.465 e. The molecule has 1 aliphatic heterocycles. The fourth-order valence-electron chi connectivity index (χ4n) is 4.16. The van der Waals surface area contributed by atoms with Crippen molar-refractivity contribution in [2.45, 2.75) is 69.8 Å². The molecule has 3 N–H and O–H groups in total. The van der Waals surface area contributed by atoms with E-state index in [1.54, 1.807) is 37.3 Å². The minimum atomic E-state index is -3.91. The van der Waals surface area contributed by atoms with Crippen molar-refractivity contribution in [2.24, 2.45) is 0 Å². The van der Waals surface area contributed by atoms with E-state index in [4.69, 9.17) is 21.1 Å². The van der Waals surface area contributed by atoms with Crippen LogP contribution in [0.1, 0.15) is 43.3 Å². The van der Waals surface area contributed by atoms with Crippen LogP contribution in [0.5, 0.6) is 0 Å². The van der Waals surface area contributed by atoms with Gasteiger partial charge in [-0.2, -0.15) is 0 Å². The predicted molar refractivity (Wildman–Crippen MR) is 154 cm³/mol. The van der Waals surface area contributed by atoms with Crippen LogP contribution in [0.15, 0.2) is 41.3 Å². The Balaban J connectivity index is 1.40. The van der Waals surface area contributed by atoms with E-state index in [0.29, 0.717) is 23.0 Å². The summed E-state index contributed by atoms with van der Waals surface area (Å²) >= 11 is 7.49. The lowest BCUT2D eigenvalue weighted by atomic mass is 10.1. The van der Waals surface area contributed by atoms with E-state index >= 15 is 0 Å². The van der Waals surface area contributed by atoms with Gasteiger partial charge in [0.25, 0.3) is 0 Å². The summed E-state index contributed by atoms with van der Waals surface area (Å²) in [5.74, 6) is -0.901. The summed E-state index contributed by atoms with van der Waals surface area (Å²) < 4.78 is 39.2. The molecule has 0 fully saturated rings. The molecular weight excluding hydrogens is 576 g/mol. The maximum Gasteiger partial charge on any atom is 0.324 e. The van der Waals surface area contributed by atoms with Gasteiger partial charge in [0.1, 0.15) is 22.7 Å². The molecule has 13 heteroatoms. The fraction of sp³-hybridized carbons (Fsp3) is 0.444. The zero-order valence-corrected chi connectivity index (χ0v) is 25.1. The summed E-state index contributed by atoms with van der Waals surface area (Å²) in [6.45, 7) is 7.79. The fourth-order valence-corrected chi connectivity index (χ4v) is 6.42. The third kappa shape index (κ3) is 7.77. The molecular formula is C27H33ClN4O6S2. The van der Waals surface area contributed by atoms with Crippen LogP contribution in [0.3, 0.4) is 0 Å². The van der Waals surface area contributed by atoms with Crippen LogP contribution in [0, 0.1) is 0 Å². The van der Waals surface area contributed by atoms with E-state index < -0.39 is 33.7 Å². The molecule has 0 saturated carbocycles. The number of hydrogen-bond donors (Lipinski definition) is 3. The van der Waals surface area contributed by atoms with Gasteiger partial charge in [-0.1, -0.05) is 23.7 Å². The van der Waals surface area contributed by atoms with Gasteiger partial charge in [0, 0.05) is 36.0 Å². The standard InChI is InChI=1S/C27H33ClN4O6S2/c1-5-37-25(33)22(13-31-40(35,36)19-9-7-16-10-18(28)8-6-17(16)11-19)30-15-24-32-20-12-21(29-14-23(20)39-24)26(34)38-27(2,3)4/h6-11,21-22,29-31H,5,12-15H2,1-4H3. The number of aromatic nitrogens is 1. The van der Waals surface area contributed by atoms with Crippen molar-refractivity contribution in [2.75, 3.05) is 13.2 Å². The summed E-state index contributed by atoms with van der Waals surface area (Å²) in [6, 6.07) is 8.50. The van der Waals surface area contributed by atoms with Crippen LogP contribution in [-0.2, 0) is 48.6 Å². The van der Waals surface area contributed by atoms with Gasteiger partial charge in [-0.15, -0.1) is 11.3 Å². The number of fused-ring (bicyclic) bond motifs is 2. The van der Waals surface area contributed by atoms with Gasteiger partial charge < -0.3 is 9.47 Å². The van der Waals surface area contributed by atoms with E-state index in [1.807, 2.05) is 20.8 Å². The number of hydrogen-bond acceptors (Lipinski definition) is 10. The summed E-state index contributed by atoms with van der Waals surface area (Å²) in [7, 11) is -3.91. The van der Waals surface area contributed by atoms with Gasteiger partial charge in [-0.05, 0) is 62.7 Å². The number of rotatable bonds is 10. The first kappa shape index (κ1) is 30.4. The summed E-state index contributed by atoms with van der Waals surface area (Å²) in [5.41, 5.74) is 0.227. The number of benzene rings is 2. The lowest BCUT2D eigenvalue weighted by Gasteiger charge is -2.26. The van der Waals surface area contributed by atoms with Crippen molar-refractivity contribution >= 4 is 55.7 Å². The Morgan fingerprint density at radius 2 is 1.93 bits per heavy atom. The maximum absolute atomic E-state index is 13.0. The van der Waals surface area contributed by atoms with Crippen LogP contribution in [0.4, 0.5) is 0 Å². The van der Waals surface area contributed by atoms with Crippen molar-refractivity contribution in [3.05, 3.63) is 57.0 Å². The van der Waals surface area contributed by atoms with Crippen LogP contribution >= 0.6 is 22.9 Å². The highest BCUT2D eigenvalue weighted by atomic mass is 35.5. The number of nitrogens with one attached hydrogen (secondary N) is 3. The van der Waals surface area contributed by atoms with Crippen LogP contribution in [0.2, 0.25) is 5.02 Å². The van der Waals surface area contributed by atoms with Crippen molar-refractivity contribution in [1.82, 2.24) is 20.3 Å². The Morgan fingerprint density at radius 1 is 1.20 bits per heavy atom. The smallest absolute Gasteiger partial charge is 0.324 e. The number of carbonyl (C=O) groups excluding carboxylic acids is 2.